The van der Waals surface area contributed by atoms with Crippen LogP contribution in [0.1, 0.15) is 4.88 Å². The molecule has 0 aromatic carbocycles. The first kappa shape index (κ1) is 8.23. The van der Waals surface area contributed by atoms with E-state index in [1.165, 1.54) is 10.5 Å². The molecule has 0 saturated heterocycles. The van der Waals surface area contributed by atoms with E-state index in [-0.39, 0.29) is 5.38 Å². The lowest BCUT2D eigenvalue weighted by Crippen LogP contribution is -2.28. The van der Waals surface area contributed by atoms with Crippen molar-refractivity contribution in [2.24, 2.45) is 0 Å². The van der Waals surface area contributed by atoms with Crippen molar-refractivity contribution in [1.29, 1.82) is 0 Å². The van der Waals surface area contributed by atoms with E-state index in [0.29, 0.717) is 0 Å². The van der Waals surface area contributed by atoms with E-state index < -0.39 is 0 Å². The van der Waals surface area contributed by atoms with Crippen molar-refractivity contribution < 1.29 is 0 Å². The predicted molar refractivity (Wildman–Crippen MR) is 52.6 cm³/mol. The van der Waals surface area contributed by atoms with Crippen LogP contribution in [0.4, 0.5) is 0 Å². The highest BCUT2D eigenvalue weighted by molar-refractivity contribution is 7.10. The summed E-state index contributed by atoms with van der Waals surface area (Å²) in [6.45, 7) is 1.77. The molecule has 1 unspecified atom stereocenters. The average Bonchev–Trinajstić information content (AvgIpc) is 2.56. The second-order valence-electron chi connectivity index (χ2n) is 2.70. The summed E-state index contributed by atoms with van der Waals surface area (Å²) in [5.41, 5.74) is 3.11. The summed E-state index contributed by atoms with van der Waals surface area (Å²) < 4.78 is 0. The Hall–Kier alpha value is -0.380. The molecule has 1 aromatic rings. The highest BCUT2D eigenvalue weighted by Gasteiger charge is 2.12. The van der Waals surface area contributed by atoms with Crippen LogP contribution in [0, 0.1) is 0 Å². The maximum atomic E-state index is 5.97. The first-order valence-electron chi connectivity index (χ1n) is 3.80. The number of rotatable bonds is 1. The molecule has 0 fully saturated rings. The van der Waals surface area contributed by atoms with E-state index in [9.17, 15) is 0 Å². The summed E-state index contributed by atoms with van der Waals surface area (Å²) in [5.74, 6) is 0. The Balaban J connectivity index is 2.23. The number of hydrogen-bond acceptors (Lipinski definition) is 3. The summed E-state index contributed by atoms with van der Waals surface area (Å²) >= 11 is 7.63. The van der Waals surface area contributed by atoms with Gasteiger partial charge in [-0.05, 0) is 5.57 Å². The molecule has 64 valence electrons. The fourth-order valence-electron chi connectivity index (χ4n) is 1.22. The predicted octanol–water partition coefficient (Wildman–Crippen LogP) is 1.74. The van der Waals surface area contributed by atoms with Crippen molar-refractivity contribution in [3.8, 4) is 0 Å². The maximum absolute atomic E-state index is 5.97. The molecule has 2 nitrogen and oxygen atoms in total. The van der Waals surface area contributed by atoms with Crippen LogP contribution < -0.4 is 5.32 Å². The van der Waals surface area contributed by atoms with Gasteiger partial charge in [-0.15, -0.1) is 22.9 Å². The van der Waals surface area contributed by atoms with Crippen LogP contribution in [0.5, 0.6) is 0 Å². The van der Waals surface area contributed by atoms with Crippen LogP contribution in [0.2, 0.25) is 0 Å². The van der Waals surface area contributed by atoms with Gasteiger partial charge in [0, 0.05) is 19.3 Å². The van der Waals surface area contributed by atoms with Crippen LogP contribution in [0.15, 0.2) is 17.8 Å². The van der Waals surface area contributed by atoms with E-state index in [1.807, 2.05) is 11.7 Å². The molecule has 0 spiro atoms. The van der Waals surface area contributed by atoms with Gasteiger partial charge < -0.3 is 5.32 Å². The molecule has 2 rings (SSSR count). The summed E-state index contributed by atoms with van der Waals surface area (Å²) in [7, 11) is 0. The molecule has 1 aliphatic heterocycles. The Morgan fingerprint density at radius 2 is 2.58 bits per heavy atom. The van der Waals surface area contributed by atoms with Crippen molar-refractivity contribution in [1.82, 2.24) is 10.3 Å². The lowest BCUT2D eigenvalue weighted by Gasteiger charge is -2.16. The standard InChI is InChI=1S/C8H9ClN2S/c9-7-1-6(2-10-3-7)8-4-11-5-12-8/h1,4-5,7,10H,2-3H2. The minimum atomic E-state index is 0.121. The highest BCUT2D eigenvalue weighted by Crippen LogP contribution is 2.21. The second-order valence-corrected chi connectivity index (χ2v) is 4.15. The molecule has 12 heavy (non-hydrogen) atoms. The number of thiazole rings is 1. The van der Waals surface area contributed by atoms with Crippen LogP contribution in [0.3, 0.4) is 0 Å². The SMILES string of the molecule is ClC1C=C(c2cncs2)CNC1. The number of hydrogen-bond donors (Lipinski definition) is 1. The Bertz CT molecular complexity index is 281. The summed E-state index contributed by atoms with van der Waals surface area (Å²) in [6.07, 6.45) is 3.98. The minimum Gasteiger partial charge on any atom is -0.311 e. The van der Waals surface area contributed by atoms with E-state index >= 15 is 0 Å². The molecule has 0 saturated carbocycles. The first-order chi connectivity index (χ1) is 5.86. The number of aromatic nitrogens is 1. The topological polar surface area (TPSA) is 24.9 Å². The summed E-state index contributed by atoms with van der Waals surface area (Å²) in [6, 6.07) is 0. The third-order valence-electron chi connectivity index (χ3n) is 1.79. The van der Waals surface area contributed by atoms with Crippen molar-refractivity contribution in [2.45, 2.75) is 5.38 Å². The molecule has 2 heterocycles. The van der Waals surface area contributed by atoms with Gasteiger partial charge in [0.1, 0.15) is 0 Å². The van der Waals surface area contributed by atoms with E-state index in [4.69, 9.17) is 11.6 Å². The number of alkyl halides is 1. The van der Waals surface area contributed by atoms with Gasteiger partial charge in [0.15, 0.2) is 0 Å². The molecule has 1 aliphatic rings. The largest absolute Gasteiger partial charge is 0.311 e. The van der Waals surface area contributed by atoms with Crippen molar-refractivity contribution in [3.63, 3.8) is 0 Å². The summed E-state index contributed by atoms with van der Waals surface area (Å²) in [4.78, 5) is 5.24. The Kier molecular flexibility index (Phi) is 2.44. The van der Waals surface area contributed by atoms with Gasteiger partial charge in [0.25, 0.3) is 0 Å². The van der Waals surface area contributed by atoms with E-state index in [1.54, 1.807) is 11.3 Å². The van der Waals surface area contributed by atoms with Gasteiger partial charge in [-0.3, -0.25) is 4.98 Å². The van der Waals surface area contributed by atoms with Gasteiger partial charge in [0.2, 0.25) is 0 Å². The molecule has 1 aromatic heterocycles. The molecule has 0 bridgehead atoms. The van der Waals surface area contributed by atoms with Gasteiger partial charge in [-0.2, -0.15) is 0 Å². The fraction of sp³-hybridized carbons (Fsp3) is 0.375. The Morgan fingerprint density at radius 1 is 1.67 bits per heavy atom. The quantitative estimate of drug-likeness (QED) is 0.699. The Labute approximate surface area is 80.3 Å². The lowest BCUT2D eigenvalue weighted by atomic mass is 10.1. The lowest BCUT2D eigenvalue weighted by molar-refractivity contribution is 0.745. The molecule has 4 heteroatoms. The third kappa shape index (κ3) is 1.68. The van der Waals surface area contributed by atoms with Crippen LogP contribution in [-0.4, -0.2) is 23.5 Å². The zero-order valence-corrected chi connectivity index (χ0v) is 8.03. The minimum absolute atomic E-state index is 0.121. The van der Waals surface area contributed by atoms with Crippen molar-refractivity contribution in [2.75, 3.05) is 13.1 Å². The fourth-order valence-corrected chi connectivity index (χ4v) is 2.13. The van der Waals surface area contributed by atoms with Gasteiger partial charge in [0.05, 0.1) is 15.8 Å². The zero-order valence-electron chi connectivity index (χ0n) is 6.46. The van der Waals surface area contributed by atoms with E-state index in [0.717, 1.165) is 13.1 Å². The van der Waals surface area contributed by atoms with Gasteiger partial charge >= 0.3 is 0 Å². The van der Waals surface area contributed by atoms with Crippen LogP contribution in [0.25, 0.3) is 5.57 Å². The second kappa shape index (κ2) is 3.56. The molecular weight excluding hydrogens is 192 g/mol. The monoisotopic (exact) mass is 200 g/mol. The molecule has 1 atom stereocenters. The number of nitrogens with one attached hydrogen (secondary N) is 1. The Morgan fingerprint density at radius 3 is 3.25 bits per heavy atom. The smallest absolute Gasteiger partial charge is 0.0797 e. The van der Waals surface area contributed by atoms with Crippen LogP contribution in [-0.2, 0) is 0 Å². The van der Waals surface area contributed by atoms with Crippen molar-refractivity contribution in [3.05, 3.63) is 22.7 Å². The van der Waals surface area contributed by atoms with Crippen molar-refractivity contribution >= 4 is 28.5 Å². The summed E-state index contributed by atoms with van der Waals surface area (Å²) in [5, 5.41) is 3.37. The van der Waals surface area contributed by atoms with Gasteiger partial charge in [-0.1, -0.05) is 6.08 Å². The average molecular weight is 201 g/mol. The molecule has 1 N–H and O–H groups in total. The number of nitrogens with zero attached hydrogens (tertiary/aromatic N) is 1. The first-order valence-corrected chi connectivity index (χ1v) is 5.12. The van der Waals surface area contributed by atoms with Gasteiger partial charge in [-0.25, -0.2) is 0 Å². The third-order valence-corrected chi connectivity index (χ3v) is 2.91. The molecule has 0 aliphatic carbocycles. The highest BCUT2D eigenvalue weighted by atomic mass is 35.5. The van der Waals surface area contributed by atoms with Crippen LogP contribution >= 0.6 is 22.9 Å². The van der Waals surface area contributed by atoms with E-state index in [2.05, 4.69) is 16.4 Å². The molecular formula is C8H9ClN2S. The zero-order chi connectivity index (χ0) is 8.39. The number of halogens is 1. The molecule has 0 amide bonds. The maximum Gasteiger partial charge on any atom is 0.0797 e. The molecule has 0 radical (unpaired) electrons. The normalized spacial score (nSPS) is 23.8.